The van der Waals surface area contributed by atoms with Gasteiger partial charge in [0.15, 0.2) is 14.1 Å². The molecule has 0 aliphatic heterocycles. The summed E-state index contributed by atoms with van der Waals surface area (Å²) in [6.07, 6.45) is 0. The number of aromatic nitrogens is 2. The lowest BCUT2D eigenvalue weighted by molar-refractivity contribution is 0.0994. The van der Waals surface area contributed by atoms with Crippen LogP contribution in [0.1, 0.15) is 22.8 Å². The van der Waals surface area contributed by atoms with Crippen LogP contribution in [0.4, 0.5) is 4.39 Å². The molecule has 0 radical (unpaired) electrons. The average molecular weight is 391 g/mol. The summed E-state index contributed by atoms with van der Waals surface area (Å²) in [7, 11) is 0. The Balaban J connectivity index is 1.78. The molecule has 0 saturated carbocycles. The van der Waals surface area contributed by atoms with E-state index < -0.39 is 0 Å². The van der Waals surface area contributed by atoms with Crippen molar-refractivity contribution in [2.75, 3.05) is 0 Å². The number of halogens is 1. The van der Waals surface area contributed by atoms with E-state index in [1.165, 1.54) is 35.2 Å². The zero-order valence-electron chi connectivity index (χ0n) is 13.6. The second-order valence-electron chi connectivity index (χ2n) is 5.51. The molecule has 7 heteroatoms. The summed E-state index contributed by atoms with van der Waals surface area (Å²) in [5, 5.41) is 4.19. The van der Waals surface area contributed by atoms with Gasteiger partial charge in [-0.05, 0) is 50.3 Å². The number of rotatable bonds is 5. The predicted octanol–water partition coefficient (Wildman–Crippen LogP) is 5.47. The zero-order chi connectivity index (χ0) is 18.0. The molecule has 1 heterocycles. The number of benzene rings is 2. The fraction of sp³-hybridized carbons (Fsp3) is 0.167. The van der Waals surface area contributed by atoms with Crippen LogP contribution in [-0.4, -0.2) is 20.8 Å². The zero-order valence-corrected chi connectivity index (χ0v) is 16.1. The lowest BCUT2D eigenvalue weighted by Crippen LogP contribution is -2.13. The van der Waals surface area contributed by atoms with Crippen molar-refractivity contribution in [1.29, 1.82) is 0 Å². The van der Waals surface area contributed by atoms with Crippen LogP contribution in [-0.2, 0) is 0 Å². The molecule has 0 unspecified atom stereocenters. The Labute approximate surface area is 158 Å². The van der Waals surface area contributed by atoms with Crippen molar-refractivity contribution in [3.63, 3.8) is 0 Å². The normalized spacial score (nSPS) is 12.1. The molecule has 3 nitrogen and oxygen atoms in total. The van der Waals surface area contributed by atoms with Crippen molar-refractivity contribution in [1.82, 2.24) is 9.78 Å². The largest absolute Gasteiger partial charge is 0.293 e. The van der Waals surface area contributed by atoms with Crippen molar-refractivity contribution in [2.24, 2.45) is 0 Å². The van der Waals surface area contributed by atoms with Crippen LogP contribution in [0.3, 0.4) is 0 Å². The molecule has 0 bridgehead atoms. The van der Waals surface area contributed by atoms with Gasteiger partial charge in [-0.2, -0.15) is 0 Å². The van der Waals surface area contributed by atoms with E-state index in [1.807, 2.05) is 38.1 Å². The number of ketones is 1. The first-order valence-corrected chi connectivity index (χ1v) is 9.68. The fourth-order valence-electron chi connectivity index (χ4n) is 2.21. The first-order valence-electron chi connectivity index (χ1n) is 7.57. The van der Waals surface area contributed by atoms with Gasteiger partial charge in [0.2, 0.25) is 0 Å². The van der Waals surface area contributed by atoms with Gasteiger partial charge in [-0.3, -0.25) is 4.79 Å². The maximum atomic E-state index is 13.1. The molecular weight excluding hydrogens is 375 g/mol. The van der Waals surface area contributed by atoms with E-state index in [-0.39, 0.29) is 16.9 Å². The summed E-state index contributed by atoms with van der Waals surface area (Å²) < 4.78 is 15.9. The summed E-state index contributed by atoms with van der Waals surface area (Å²) in [4.78, 5) is 12.5. The number of aryl methyl sites for hydroxylation is 1. The molecule has 0 fully saturated rings. The van der Waals surface area contributed by atoms with Gasteiger partial charge in [0.05, 0.1) is 10.9 Å². The second-order valence-corrected chi connectivity index (χ2v) is 8.72. The molecule has 0 amide bonds. The van der Waals surface area contributed by atoms with E-state index >= 15 is 0 Å². The highest BCUT2D eigenvalue weighted by atomic mass is 32.2. The maximum absolute atomic E-state index is 13.1. The molecule has 0 N–H and O–H groups in total. The van der Waals surface area contributed by atoms with Gasteiger partial charge < -0.3 is 0 Å². The molecular formula is C18H15FN2OS3. The van der Waals surface area contributed by atoms with E-state index in [9.17, 15) is 9.18 Å². The van der Waals surface area contributed by atoms with Crippen LogP contribution in [0.15, 0.2) is 52.9 Å². The van der Waals surface area contributed by atoms with Crippen LogP contribution in [0, 0.1) is 16.7 Å². The van der Waals surface area contributed by atoms with Crippen LogP contribution >= 0.6 is 35.3 Å². The standard InChI is InChI=1S/C18H15FN2OS3/c1-11-3-5-13(6-4-11)16(22)12(2)24-17-20-21(18(23)25-17)15-9-7-14(19)8-10-15/h3-10,12H,1-2H3/t12-/m0/s1. The van der Waals surface area contributed by atoms with Gasteiger partial charge in [-0.25, -0.2) is 9.07 Å². The Morgan fingerprint density at radius 1 is 1.20 bits per heavy atom. The number of hydrogen-bond donors (Lipinski definition) is 0. The Bertz CT molecular complexity index is 946. The third-order valence-corrected chi connectivity index (χ3v) is 6.00. The van der Waals surface area contributed by atoms with Crippen LogP contribution in [0.2, 0.25) is 0 Å². The van der Waals surface area contributed by atoms with Crippen molar-refractivity contribution < 1.29 is 9.18 Å². The molecule has 0 aliphatic carbocycles. The summed E-state index contributed by atoms with van der Waals surface area (Å²) in [6, 6.07) is 13.5. The quantitative estimate of drug-likeness (QED) is 0.328. The Kier molecular flexibility index (Phi) is 5.46. The average Bonchev–Trinajstić information content (AvgIpc) is 2.96. The van der Waals surface area contributed by atoms with Crippen molar-refractivity contribution in [3.05, 3.63) is 69.4 Å². The van der Waals surface area contributed by atoms with E-state index in [2.05, 4.69) is 5.10 Å². The van der Waals surface area contributed by atoms with Crippen molar-refractivity contribution >= 4 is 41.1 Å². The lowest BCUT2D eigenvalue weighted by atomic mass is 10.1. The molecule has 2 aromatic carbocycles. The number of Topliss-reactive ketones (excluding diaryl/α,β-unsaturated/α-hetero) is 1. The number of hydrogen-bond acceptors (Lipinski definition) is 5. The van der Waals surface area contributed by atoms with E-state index in [0.717, 1.165) is 5.56 Å². The minimum absolute atomic E-state index is 0.0550. The molecule has 3 aromatic rings. The molecule has 25 heavy (non-hydrogen) atoms. The fourth-order valence-corrected chi connectivity index (χ4v) is 4.79. The third kappa shape index (κ3) is 4.23. The lowest BCUT2D eigenvalue weighted by Gasteiger charge is -2.08. The van der Waals surface area contributed by atoms with Gasteiger partial charge in [-0.15, -0.1) is 5.10 Å². The Hall–Kier alpha value is -1.83. The van der Waals surface area contributed by atoms with Gasteiger partial charge in [0.1, 0.15) is 5.82 Å². The van der Waals surface area contributed by atoms with Gasteiger partial charge >= 0.3 is 0 Å². The number of nitrogens with zero attached hydrogens (tertiary/aromatic N) is 2. The summed E-state index contributed by atoms with van der Waals surface area (Å²) in [5.74, 6) is -0.253. The molecule has 3 rings (SSSR count). The van der Waals surface area contributed by atoms with Gasteiger partial charge in [-0.1, -0.05) is 52.9 Å². The van der Waals surface area contributed by atoms with Crippen LogP contribution in [0.5, 0.6) is 0 Å². The molecule has 1 aromatic heterocycles. The first-order chi connectivity index (χ1) is 11.9. The number of carbonyl (C=O) groups excluding carboxylic acids is 1. The van der Waals surface area contributed by atoms with E-state index in [0.29, 0.717) is 19.5 Å². The third-order valence-electron chi connectivity index (χ3n) is 3.58. The highest BCUT2D eigenvalue weighted by Crippen LogP contribution is 2.29. The summed E-state index contributed by atoms with van der Waals surface area (Å²) in [5.41, 5.74) is 2.51. The highest BCUT2D eigenvalue weighted by Gasteiger charge is 2.19. The summed E-state index contributed by atoms with van der Waals surface area (Å²) in [6.45, 7) is 3.85. The molecule has 0 saturated heterocycles. The Morgan fingerprint density at radius 2 is 1.84 bits per heavy atom. The minimum atomic E-state index is -0.308. The van der Waals surface area contributed by atoms with Crippen LogP contribution in [0.25, 0.3) is 5.69 Å². The minimum Gasteiger partial charge on any atom is -0.293 e. The number of carbonyl (C=O) groups is 1. The first kappa shape index (κ1) is 18.0. The van der Waals surface area contributed by atoms with Gasteiger partial charge in [0, 0.05) is 5.56 Å². The second kappa shape index (κ2) is 7.59. The van der Waals surface area contributed by atoms with E-state index in [1.54, 1.807) is 16.8 Å². The van der Waals surface area contributed by atoms with E-state index in [4.69, 9.17) is 12.2 Å². The van der Waals surface area contributed by atoms with Crippen molar-refractivity contribution in [2.45, 2.75) is 23.4 Å². The van der Waals surface area contributed by atoms with Crippen molar-refractivity contribution in [3.8, 4) is 5.69 Å². The highest BCUT2D eigenvalue weighted by molar-refractivity contribution is 8.02. The topological polar surface area (TPSA) is 34.9 Å². The molecule has 128 valence electrons. The molecule has 1 atom stereocenters. The smallest absolute Gasteiger partial charge is 0.184 e. The van der Waals surface area contributed by atoms with Gasteiger partial charge in [0.25, 0.3) is 0 Å². The SMILES string of the molecule is Cc1ccc(C(=O)[C@H](C)Sc2nn(-c3ccc(F)cc3)c(=S)s2)cc1. The monoisotopic (exact) mass is 390 g/mol. The summed E-state index contributed by atoms with van der Waals surface area (Å²) >= 11 is 8.06. The predicted molar refractivity (Wildman–Crippen MR) is 103 cm³/mol. The molecule has 0 spiro atoms. The maximum Gasteiger partial charge on any atom is 0.184 e. The van der Waals surface area contributed by atoms with Crippen LogP contribution < -0.4 is 0 Å². The Morgan fingerprint density at radius 3 is 2.48 bits per heavy atom. The number of thioether (sulfide) groups is 1. The molecule has 0 aliphatic rings.